The molecule has 0 bridgehead atoms. The molecule has 0 heterocycles. The van der Waals surface area contributed by atoms with E-state index in [4.69, 9.17) is 11.1 Å². The second-order valence-corrected chi connectivity index (χ2v) is 3.69. The largest absolute Gasteiger partial charge is 0.384 e. The minimum atomic E-state index is -1.71. The smallest absolute Gasteiger partial charge is 0.161 e. The number of halogens is 2. The van der Waals surface area contributed by atoms with Crippen LogP contribution in [0.2, 0.25) is 0 Å². The fourth-order valence-electron chi connectivity index (χ4n) is 1.14. The van der Waals surface area contributed by atoms with Gasteiger partial charge in [0.05, 0.1) is 5.57 Å². The van der Waals surface area contributed by atoms with Gasteiger partial charge in [-0.15, -0.1) is 0 Å². The van der Waals surface area contributed by atoms with Gasteiger partial charge >= 0.3 is 0 Å². The van der Waals surface area contributed by atoms with E-state index in [0.717, 1.165) is 0 Å². The van der Waals surface area contributed by atoms with E-state index in [1.807, 2.05) is 0 Å². The highest BCUT2D eigenvalue weighted by Gasteiger charge is 2.35. The molecule has 0 aliphatic heterocycles. The highest BCUT2D eigenvalue weighted by atomic mass is 19.2. The molecule has 0 fully saturated rings. The highest BCUT2D eigenvalue weighted by Crippen LogP contribution is 2.36. The molecule has 0 aromatic carbocycles. The molecule has 0 aromatic heterocycles. The molecule has 3 N–H and O–H groups in total. The summed E-state index contributed by atoms with van der Waals surface area (Å²) < 4.78 is 26.5. The number of nitrogens with one attached hydrogen (secondary N) is 1. The van der Waals surface area contributed by atoms with Crippen LogP contribution in [0.1, 0.15) is 13.8 Å². The Hall–Kier alpha value is -1.19. The monoisotopic (exact) mass is 186 g/mol. The maximum Gasteiger partial charge on any atom is 0.161 e. The van der Waals surface area contributed by atoms with Gasteiger partial charge in [0.2, 0.25) is 0 Å². The van der Waals surface area contributed by atoms with E-state index in [1.165, 1.54) is 12.2 Å². The van der Waals surface area contributed by atoms with Gasteiger partial charge in [0.15, 0.2) is 6.17 Å². The fourth-order valence-corrected chi connectivity index (χ4v) is 1.14. The van der Waals surface area contributed by atoms with Gasteiger partial charge in [-0.25, -0.2) is 8.78 Å². The molecule has 0 saturated carbocycles. The van der Waals surface area contributed by atoms with Gasteiger partial charge < -0.3 is 5.73 Å². The Labute approximate surface area is 75.6 Å². The van der Waals surface area contributed by atoms with Gasteiger partial charge in [-0.1, -0.05) is 26.0 Å². The molecule has 4 heteroatoms. The predicted molar refractivity (Wildman–Crippen MR) is 47.9 cm³/mol. The van der Waals surface area contributed by atoms with Gasteiger partial charge in [0.1, 0.15) is 11.7 Å². The molecule has 1 atom stereocenters. The number of allylic oxidation sites excluding steroid dienone is 2. The molecule has 0 saturated heterocycles. The zero-order valence-corrected chi connectivity index (χ0v) is 7.57. The maximum absolute atomic E-state index is 13.3. The number of hydrogen-bond acceptors (Lipinski definition) is 1. The van der Waals surface area contributed by atoms with E-state index < -0.39 is 23.2 Å². The van der Waals surface area contributed by atoms with E-state index >= 15 is 0 Å². The van der Waals surface area contributed by atoms with Crippen LogP contribution in [0.5, 0.6) is 0 Å². The molecule has 2 nitrogen and oxygen atoms in total. The topological polar surface area (TPSA) is 49.9 Å². The Balaban J connectivity index is 3.11. The average Bonchev–Trinajstić information content (AvgIpc) is 2.00. The highest BCUT2D eigenvalue weighted by molar-refractivity contribution is 5.98. The second kappa shape index (κ2) is 2.94. The van der Waals surface area contributed by atoms with E-state index in [1.54, 1.807) is 13.8 Å². The summed E-state index contributed by atoms with van der Waals surface area (Å²) in [6.07, 6.45) is 1.17. The SMILES string of the molecule is CC1(C)C=CC(C(=N)N)=C(F)C1F. The van der Waals surface area contributed by atoms with Crippen LogP contribution in [0.15, 0.2) is 23.6 Å². The Morgan fingerprint density at radius 2 is 2.15 bits per heavy atom. The molecule has 0 aromatic rings. The molecule has 13 heavy (non-hydrogen) atoms. The Kier molecular flexibility index (Phi) is 2.24. The van der Waals surface area contributed by atoms with Gasteiger partial charge in [-0.05, 0) is 0 Å². The lowest BCUT2D eigenvalue weighted by atomic mass is 9.81. The number of rotatable bonds is 1. The van der Waals surface area contributed by atoms with Crippen LogP contribution in [0.3, 0.4) is 0 Å². The minimum absolute atomic E-state index is 0.146. The number of hydrogen-bond donors (Lipinski definition) is 2. The van der Waals surface area contributed by atoms with Crippen LogP contribution >= 0.6 is 0 Å². The molecule has 1 rings (SSSR count). The number of alkyl halides is 1. The standard InChI is InChI=1S/C9H12F2N2/c1-9(2)4-3-5(8(12)13)6(10)7(9)11/h3-4,7H,1-2H3,(H3,12,13). The Bertz CT molecular complexity index is 303. The van der Waals surface area contributed by atoms with E-state index in [-0.39, 0.29) is 5.57 Å². The van der Waals surface area contributed by atoms with Crippen molar-refractivity contribution < 1.29 is 8.78 Å². The summed E-state index contributed by atoms with van der Waals surface area (Å²) in [7, 11) is 0. The summed E-state index contributed by atoms with van der Waals surface area (Å²) in [5.41, 5.74) is 4.07. The molecular formula is C9H12F2N2. The third-order valence-corrected chi connectivity index (χ3v) is 2.10. The van der Waals surface area contributed by atoms with Crippen molar-refractivity contribution in [2.75, 3.05) is 0 Å². The van der Waals surface area contributed by atoms with Crippen LogP contribution in [-0.4, -0.2) is 12.0 Å². The van der Waals surface area contributed by atoms with Crippen molar-refractivity contribution in [3.63, 3.8) is 0 Å². The first-order valence-electron chi connectivity index (χ1n) is 3.93. The van der Waals surface area contributed by atoms with Crippen LogP contribution in [0.4, 0.5) is 8.78 Å². The zero-order valence-electron chi connectivity index (χ0n) is 7.57. The van der Waals surface area contributed by atoms with Gasteiger partial charge in [-0.3, -0.25) is 5.41 Å². The summed E-state index contributed by atoms with van der Waals surface area (Å²) in [6.45, 7) is 3.18. The average molecular weight is 186 g/mol. The maximum atomic E-state index is 13.3. The fraction of sp³-hybridized carbons (Fsp3) is 0.444. The van der Waals surface area contributed by atoms with Crippen molar-refractivity contribution >= 4 is 5.84 Å². The first-order chi connectivity index (χ1) is 5.86. The Morgan fingerprint density at radius 3 is 2.62 bits per heavy atom. The summed E-state index contributed by atoms with van der Waals surface area (Å²) in [5.74, 6) is -1.38. The van der Waals surface area contributed by atoms with Crippen molar-refractivity contribution in [1.29, 1.82) is 5.41 Å². The molecule has 1 unspecified atom stereocenters. The quantitative estimate of drug-likeness (QED) is 0.478. The molecule has 0 amide bonds. The second-order valence-electron chi connectivity index (χ2n) is 3.69. The normalized spacial score (nSPS) is 26.3. The summed E-state index contributed by atoms with van der Waals surface area (Å²) in [4.78, 5) is 0. The van der Waals surface area contributed by atoms with Crippen LogP contribution in [-0.2, 0) is 0 Å². The lowest BCUT2D eigenvalue weighted by molar-refractivity contribution is 0.193. The lowest BCUT2D eigenvalue weighted by Gasteiger charge is -2.28. The van der Waals surface area contributed by atoms with E-state index in [0.29, 0.717) is 0 Å². The van der Waals surface area contributed by atoms with Crippen molar-refractivity contribution in [1.82, 2.24) is 0 Å². The van der Waals surface area contributed by atoms with Crippen LogP contribution in [0.25, 0.3) is 0 Å². The van der Waals surface area contributed by atoms with Gasteiger partial charge in [0, 0.05) is 5.41 Å². The van der Waals surface area contributed by atoms with Crippen molar-refractivity contribution in [2.24, 2.45) is 11.1 Å². The first kappa shape index (κ1) is 9.89. The first-order valence-corrected chi connectivity index (χ1v) is 3.93. The Morgan fingerprint density at radius 1 is 1.62 bits per heavy atom. The molecule has 0 spiro atoms. The zero-order chi connectivity index (χ0) is 10.2. The summed E-state index contributed by atoms with van der Waals surface area (Å²) in [6, 6.07) is 0. The van der Waals surface area contributed by atoms with E-state index in [2.05, 4.69) is 0 Å². The predicted octanol–water partition coefficient (Wildman–Crippen LogP) is 2.08. The van der Waals surface area contributed by atoms with Crippen LogP contribution < -0.4 is 5.73 Å². The summed E-state index contributed by atoms with van der Waals surface area (Å²) >= 11 is 0. The van der Waals surface area contributed by atoms with Gasteiger partial charge in [-0.2, -0.15) is 0 Å². The van der Waals surface area contributed by atoms with Crippen molar-refractivity contribution in [2.45, 2.75) is 20.0 Å². The van der Waals surface area contributed by atoms with E-state index in [9.17, 15) is 8.78 Å². The van der Waals surface area contributed by atoms with Crippen LogP contribution in [0, 0.1) is 10.8 Å². The number of amidine groups is 1. The van der Waals surface area contributed by atoms with Crippen molar-refractivity contribution in [3.05, 3.63) is 23.6 Å². The number of nitrogens with two attached hydrogens (primary N) is 1. The third kappa shape index (κ3) is 1.61. The molecule has 1 aliphatic rings. The minimum Gasteiger partial charge on any atom is -0.384 e. The van der Waals surface area contributed by atoms with Crippen molar-refractivity contribution in [3.8, 4) is 0 Å². The third-order valence-electron chi connectivity index (χ3n) is 2.10. The molecule has 0 radical (unpaired) electrons. The van der Waals surface area contributed by atoms with Gasteiger partial charge in [0.25, 0.3) is 0 Å². The molecule has 72 valence electrons. The molecule has 1 aliphatic carbocycles. The molecular weight excluding hydrogens is 174 g/mol. The summed E-state index contributed by atoms with van der Waals surface area (Å²) in [5, 5.41) is 7.00. The lowest BCUT2D eigenvalue weighted by Crippen LogP contribution is -2.30.